The van der Waals surface area contributed by atoms with Gasteiger partial charge in [-0.2, -0.15) is 0 Å². The van der Waals surface area contributed by atoms with Gasteiger partial charge in [0.2, 0.25) is 0 Å². The largest absolute Gasteiger partial charge is 0.456 e. The molecule has 0 saturated carbocycles. The van der Waals surface area contributed by atoms with E-state index in [0.717, 1.165) is 95.4 Å². The summed E-state index contributed by atoms with van der Waals surface area (Å²) in [6, 6.07) is 83.7. The number of hydrogen-bond donors (Lipinski definition) is 0. The summed E-state index contributed by atoms with van der Waals surface area (Å²) < 4.78 is 16.0. The number of benzene rings is 10. The Morgan fingerprint density at radius 1 is 0.385 bits per heavy atom. The van der Waals surface area contributed by atoms with E-state index in [9.17, 15) is 0 Å². The molecule has 1 aliphatic heterocycles. The van der Waals surface area contributed by atoms with Gasteiger partial charge in [0.15, 0.2) is 17.3 Å². The van der Waals surface area contributed by atoms with Crippen molar-refractivity contribution >= 4 is 77.9 Å². The van der Waals surface area contributed by atoms with E-state index in [4.69, 9.17) is 9.15 Å². The molecule has 306 valence electrons. The number of anilines is 6. The van der Waals surface area contributed by atoms with Gasteiger partial charge in [0.05, 0.1) is 22.3 Å². The Hall–Kier alpha value is -8.80. The zero-order valence-electron chi connectivity index (χ0n) is 35.2. The van der Waals surface area contributed by atoms with Crippen LogP contribution in [0.3, 0.4) is 0 Å². The number of aromatic nitrogens is 1. The fourth-order valence-corrected chi connectivity index (χ4v) is 9.85. The normalized spacial score (nSPS) is 12.1. The van der Waals surface area contributed by atoms with Crippen molar-refractivity contribution in [3.05, 3.63) is 237 Å². The van der Waals surface area contributed by atoms with Crippen LogP contribution in [0.4, 0.5) is 34.3 Å². The van der Waals surface area contributed by atoms with Gasteiger partial charge in [-0.25, -0.2) is 0 Å². The Morgan fingerprint density at radius 2 is 0.954 bits per heavy atom. The van der Waals surface area contributed by atoms with Crippen LogP contribution in [0.1, 0.15) is 0 Å². The standard InChI is InChI=1S/C60H39N3O2/c1-3-18-43(19-4-1)62-52-27-11-9-23-50(52)59-60(62)63(44-20-5-2-6-21-44)54-29-14-26-49(58(54)65-59)42-34-38-46(39-35-42)61(53-28-15-31-56-57(53)51-24-10-12-30-55(51)64-56)45-36-32-41(33-37-45)48-25-13-17-40-16-7-8-22-47(40)48/h1-39H. The van der Waals surface area contributed by atoms with Gasteiger partial charge in [-0.3, -0.25) is 9.47 Å². The molecule has 0 N–H and O–H groups in total. The van der Waals surface area contributed by atoms with E-state index in [0.29, 0.717) is 0 Å². The Kier molecular flexibility index (Phi) is 8.46. The van der Waals surface area contributed by atoms with Crippen LogP contribution in [0.5, 0.6) is 11.5 Å². The van der Waals surface area contributed by atoms with Gasteiger partial charge in [0, 0.05) is 39.1 Å². The Morgan fingerprint density at radius 3 is 1.72 bits per heavy atom. The highest BCUT2D eigenvalue weighted by Gasteiger charge is 2.34. The van der Waals surface area contributed by atoms with Crippen molar-refractivity contribution in [1.29, 1.82) is 0 Å². The van der Waals surface area contributed by atoms with Crippen molar-refractivity contribution in [2.24, 2.45) is 0 Å². The van der Waals surface area contributed by atoms with Crippen LogP contribution in [-0.2, 0) is 0 Å². The lowest BCUT2D eigenvalue weighted by Crippen LogP contribution is -2.18. The maximum Gasteiger partial charge on any atom is 0.178 e. The predicted octanol–water partition coefficient (Wildman–Crippen LogP) is 17.1. The average molecular weight is 834 g/mol. The van der Waals surface area contributed by atoms with Crippen LogP contribution < -0.4 is 14.5 Å². The summed E-state index contributed by atoms with van der Waals surface area (Å²) in [5.41, 5.74) is 13.4. The molecule has 3 heterocycles. The number of nitrogens with zero attached hydrogens (tertiary/aromatic N) is 3. The topological polar surface area (TPSA) is 33.8 Å². The molecule has 5 nitrogen and oxygen atoms in total. The fraction of sp³-hybridized carbons (Fsp3) is 0. The number of fused-ring (bicyclic) bond motifs is 8. The van der Waals surface area contributed by atoms with Crippen LogP contribution in [0.25, 0.3) is 71.6 Å². The van der Waals surface area contributed by atoms with Gasteiger partial charge in [-0.05, 0) is 112 Å². The third-order valence-electron chi connectivity index (χ3n) is 12.8. The van der Waals surface area contributed by atoms with Crippen LogP contribution in [-0.4, -0.2) is 4.57 Å². The third-order valence-corrected chi connectivity index (χ3v) is 12.8. The van der Waals surface area contributed by atoms with Crippen molar-refractivity contribution in [1.82, 2.24) is 4.57 Å². The number of hydrogen-bond acceptors (Lipinski definition) is 4. The summed E-state index contributed by atoms with van der Waals surface area (Å²) in [4.78, 5) is 4.69. The molecule has 0 spiro atoms. The molecule has 10 aromatic carbocycles. The third kappa shape index (κ3) is 5.94. The molecule has 0 unspecified atom stereocenters. The molecule has 5 heteroatoms. The quantitative estimate of drug-likeness (QED) is 0.160. The van der Waals surface area contributed by atoms with E-state index < -0.39 is 0 Å². The first-order valence-electron chi connectivity index (χ1n) is 22.0. The van der Waals surface area contributed by atoms with Crippen LogP contribution in [0.15, 0.2) is 241 Å². The summed E-state index contributed by atoms with van der Waals surface area (Å²) in [6.45, 7) is 0. The number of furan rings is 1. The van der Waals surface area contributed by atoms with Gasteiger partial charge in [0.1, 0.15) is 11.2 Å². The molecule has 0 radical (unpaired) electrons. The lowest BCUT2D eigenvalue weighted by Gasteiger charge is -2.33. The average Bonchev–Trinajstić information content (AvgIpc) is 3.93. The Labute approximate surface area is 375 Å². The first kappa shape index (κ1) is 36.8. The molecule has 1 aliphatic rings. The van der Waals surface area contributed by atoms with E-state index in [1.807, 2.05) is 12.1 Å². The van der Waals surface area contributed by atoms with Crippen LogP contribution in [0.2, 0.25) is 0 Å². The highest BCUT2D eigenvalue weighted by atomic mass is 16.5. The highest BCUT2D eigenvalue weighted by Crippen LogP contribution is 2.57. The van der Waals surface area contributed by atoms with Crippen molar-refractivity contribution in [3.8, 4) is 39.4 Å². The lowest BCUT2D eigenvalue weighted by atomic mass is 9.98. The van der Waals surface area contributed by atoms with Crippen molar-refractivity contribution in [2.45, 2.75) is 0 Å². The summed E-state index contributed by atoms with van der Waals surface area (Å²) in [5.74, 6) is 2.60. The zero-order valence-corrected chi connectivity index (χ0v) is 35.2. The molecule has 0 saturated heterocycles. The second-order valence-corrected chi connectivity index (χ2v) is 16.5. The van der Waals surface area contributed by atoms with E-state index in [2.05, 4.69) is 239 Å². The second kappa shape index (κ2) is 14.9. The van der Waals surface area contributed by atoms with Crippen molar-refractivity contribution in [3.63, 3.8) is 0 Å². The summed E-state index contributed by atoms with van der Waals surface area (Å²) >= 11 is 0. The molecule has 0 fully saturated rings. The highest BCUT2D eigenvalue weighted by molar-refractivity contribution is 6.13. The summed E-state index contributed by atoms with van der Waals surface area (Å²) in [6.07, 6.45) is 0. The predicted molar refractivity (Wildman–Crippen MR) is 268 cm³/mol. The Balaban J connectivity index is 0.959. The smallest absolute Gasteiger partial charge is 0.178 e. The monoisotopic (exact) mass is 833 g/mol. The van der Waals surface area contributed by atoms with Gasteiger partial charge < -0.3 is 14.1 Å². The van der Waals surface area contributed by atoms with E-state index in [1.54, 1.807) is 0 Å². The van der Waals surface area contributed by atoms with Crippen LogP contribution in [0, 0.1) is 0 Å². The van der Waals surface area contributed by atoms with Gasteiger partial charge >= 0.3 is 0 Å². The van der Waals surface area contributed by atoms with Crippen LogP contribution >= 0.6 is 0 Å². The SMILES string of the molecule is c1ccc(N2c3cccc(-c4ccc(N(c5ccc(-c6cccc7ccccc67)cc5)c5cccc6oc7ccccc7c56)cc4)c3Oc3c2n(-c2ccccc2)c2ccccc32)cc1. The molecule has 0 atom stereocenters. The minimum absolute atomic E-state index is 0.808. The van der Waals surface area contributed by atoms with Crippen molar-refractivity contribution < 1.29 is 9.15 Å². The molecule has 0 amide bonds. The maximum absolute atomic E-state index is 7.22. The molecule has 12 aromatic rings. The van der Waals surface area contributed by atoms with E-state index >= 15 is 0 Å². The van der Waals surface area contributed by atoms with Crippen molar-refractivity contribution in [2.75, 3.05) is 9.80 Å². The second-order valence-electron chi connectivity index (χ2n) is 16.5. The summed E-state index contributed by atoms with van der Waals surface area (Å²) in [7, 11) is 0. The lowest BCUT2D eigenvalue weighted by molar-refractivity contribution is 0.483. The fourth-order valence-electron chi connectivity index (χ4n) is 9.85. The maximum atomic E-state index is 7.22. The first-order chi connectivity index (χ1) is 32.3. The molecule has 0 bridgehead atoms. The Bertz CT molecular complexity index is 3740. The zero-order chi connectivity index (χ0) is 42.8. The molecule has 13 rings (SSSR count). The first-order valence-corrected chi connectivity index (χ1v) is 22.0. The minimum Gasteiger partial charge on any atom is -0.456 e. The van der Waals surface area contributed by atoms with Gasteiger partial charge in [0.25, 0.3) is 0 Å². The summed E-state index contributed by atoms with van der Waals surface area (Å²) in [5, 5.41) is 5.66. The molecule has 65 heavy (non-hydrogen) atoms. The number of ether oxygens (including phenoxy) is 1. The van der Waals surface area contributed by atoms with E-state index in [1.165, 1.54) is 21.9 Å². The molecule has 0 aliphatic carbocycles. The number of para-hydroxylation sites is 5. The van der Waals surface area contributed by atoms with Gasteiger partial charge in [-0.15, -0.1) is 0 Å². The molecular formula is C60H39N3O2. The van der Waals surface area contributed by atoms with Gasteiger partial charge in [-0.1, -0.05) is 152 Å². The minimum atomic E-state index is 0.808. The van der Waals surface area contributed by atoms with E-state index in [-0.39, 0.29) is 0 Å². The molecule has 2 aromatic heterocycles. The number of rotatable bonds is 7. The molecular weight excluding hydrogens is 795 g/mol.